The highest BCUT2D eigenvalue weighted by Gasteiger charge is 2.14. The Hall–Kier alpha value is -1.86. The molecule has 0 atom stereocenters. The molecule has 3 rings (SSSR count). The number of rotatable bonds is 5. The van der Waals surface area contributed by atoms with E-state index in [4.69, 9.17) is 9.26 Å². The maximum atomic E-state index is 12.8. The third-order valence-corrected chi connectivity index (χ3v) is 3.38. The molecule has 0 unspecified atom stereocenters. The molecule has 1 N–H and O–H groups in total. The lowest BCUT2D eigenvalue weighted by Gasteiger charge is -2.22. The fourth-order valence-corrected chi connectivity index (χ4v) is 2.24. The van der Waals surface area contributed by atoms with Gasteiger partial charge in [-0.05, 0) is 38.1 Å². The zero-order valence-electron chi connectivity index (χ0n) is 11.6. The quantitative estimate of drug-likeness (QED) is 0.902. The molecule has 0 amide bonds. The molecule has 112 valence electrons. The Labute approximate surface area is 121 Å². The van der Waals surface area contributed by atoms with Crippen LogP contribution in [0.2, 0.25) is 0 Å². The molecule has 1 aliphatic heterocycles. The predicted molar refractivity (Wildman–Crippen MR) is 73.0 cm³/mol. The van der Waals surface area contributed by atoms with Gasteiger partial charge in [0.1, 0.15) is 11.5 Å². The van der Waals surface area contributed by atoms with Crippen LogP contribution in [0, 0.1) is 5.82 Å². The maximum absolute atomic E-state index is 12.8. The maximum Gasteiger partial charge on any atom is 0.229 e. The Morgan fingerprint density at radius 2 is 2.19 bits per heavy atom. The van der Waals surface area contributed by atoms with Crippen LogP contribution in [-0.4, -0.2) is 40.9 Å². The summed E-state index contributed by atoms with van der Waals surface area (Å²) in [5.41, 5.74) is 0.491. The first-order chi connectivity index (χ1) is 10.3. The molecule has 0 aliphatic carbocycles. The summed E-state index contributed by atoms with van der Waals surface area (Å²) in [7, 11) is 0. The van der Waals surface area contributed by atoms with Gasteiger partial charge in [0.05, 0.1) is 25.3 Å². The number of hydrogen-bond acceptors (Lipinski definition) is 6. The van der Waals surface area contributed by atoms with Gasteiger partial charge in [-0.3, -0.25) is 0 Å². The molecule has 0 saturated carbocycles. The minimum atomic E-state index is -0.391. The first-order valence-corrected chi connectivity index (χ1v) is 7.08. The van der Waals surface area contributed by atoms with Crippen molar-refractivity contribution in [3.63, 3.8) is 0 Å². The van der Waals surface area contributed by atoms with Crippen molar-refractivity contribution < 1.29 is 13.7 Å². The van der Waals surface area contributed by atoms with E-state index in [1.54, 1.807) is 0 Å². The molecule has 2 aromatic rings. The number of halogens is 1. The Morgan fingerprint density at radius 3 is 2.95 bits per heavy atom. The molecule has 21 heavy (non-hydrogen) atoms. The van der Waals surface area contributed by atoms with E-state index in [9.17, 15) is 4.39 Å². The lowest BCUT2D eigenvalue weighted by atomic mass is 10.1. The highest BCUT2D eigenvalue weighted by molar-refractivity contribution is 5.47. The summed E-state index contributed by atoms with van der Waals surface area (Å²) in [6.07, 6.45) is 4.08. The number of nitrogens with one attached hydrogen (secondary N) is 1. The van der Waals surface area contributed by atoms with Crippen LogP contribution in [-0.2, 0) is 11.2 Å². The highest BCUT2D eigenvalue weighted by atomic mass is 19.1. The summed E-state index contributed by atoms with van der Waals surface area (Å²) in [6, 6.07) is 2.84. The van der Waals surface area contributed by atoms with Gasteiger partial charge in [-0.1, -0.05) is 5.16 Å². The van der Waals surface area contributed by atoms with Crippen molar-refractivity contribution in [3.8, 4) is 11.5 Å². The van der Waals surface area contributed by atoms with Crippen molar-refractivity contribution in [3.05, 3.63) is 30.0 Å². The van der Waals surface area contributed by atoms with Crippen LogP contribution < -0.4 is 5.32 Å². The van der Waals surface area contributed by atoms with Crippen molar-refractivity contribution in [2.24, 2.45) is 0 Å². The third kappa shape index (κ3) is 3.83. The van der Waals surface area contributed by atoms with Crippen molar-refractivity contribution in [2.75, 3.05) is 19.7 Å². The summed E-state index contributed by atoms with van der Waals surface area (Å²) < 4.78 is 23.7. The van der Waals surface area contributed by atoms with E-state index in [1.165, 1.54) is 12.1 Å². The van der Waals surface area contributed by atoms with Crippen molar-refractivity contribution in [1.29, 1.82) is 0 Å². The fourth-order valence-electron chi connectivity index (χ4n) is 2.24. The number of pyridine rings is 1. The first-order valence-electron chi connectivity index (χ1n) is 7.08. The highest BCUT2D eigenvalue weighted by Crippen LogP contribution is 2.14. The summed E-state index contributed by atoms with van der Waals surface area (Å²) in [5, 5.41) is 7.14. The Kier molecular flexibility index (Phi) is 4.52. The molecular weight excluding hydrogens is 275 g/mol. The largest absolute Gasteiger partial charge is 0.378 e. The van der Waals surface area contributed by atoms with Gasteiger partial charge in [0.25, 0.3) is 0 Å². The van der Waals surface area contributed by atoms with E-state index >= 15 is 0 Å². The predicted octanol–water partition coefficient (Wildman–Crippen LogP) is 1.58. The van der Waals surface area contributed by atoms with E-state index in [1.807, 2.05) is 0 Å². The van der Waals surface area contributed by atoms with Gasteiger partial charge >= 0.3 is 0 Å². The van der Waals surface area contributed by atoms with Gasteiger partial charge in [0.15, 0.2) is 0 Å². The second-order valence-electron chi connectivity index (χ2n) is 4.94. The van der Waals surface area contributed by atoms with Crippen LogP contribution in [0.15, 0.2) is 22.9 Å². The van der Waals surface area contributed by atoms with Crippen LogP contribution >= 0.6 is 0 Å². The number of ether oxygens (including phenoxy) is 1. The molecule has 1 saturated heterocycles. The summed E-state index contributed by atoms with van der Waals surface area (Å²) >= 11 is 0. The molecule has 0 aromatic carbocycles. The van der Waals surface area contributed by atoms with E-state index in [2.05, 4.69) is 20.4 Å². The van der Waals surface area contributed by atoms with Crippen LogP contribution in [0.4, 0.5) is 4.39 Å². The second kappa shape index (κ2) is 6.73. The van der Waals surface area contributed by atoms with Gasteiger partial charge in [0, 0.05) is 0 Å². The molecule has 3 heterocycles. The molecular formula is C14H17FN4O2. The van der Waals surface area contributed by atoms with E-state index < -0.39 is 5.82 Å². The standard InChI is InChI=1S/C14H17FN4O2/c15-10-1-2-12(17-9-10)14-18-13(21-19-14)5-8-20-11-3-6-16-7-4-11/h1-2,9,11,16H,3-8H2. The monoisotopic (exact) mass is 292 g/mol. The van der Waals surface area contributed by atoms with Gasteiger partial charge in [0.2, 0.25) is 11.7 Å². The molecule has 1 aliphatic rings. The zero-order valence-corrected chi connectivity index (χ0v) is 11.6. The molecule has 6 nitrogen and oxygen atoms in total. The Bertz CT molecular complexity index is 567. The Morgan fingerprint density at radius 1 is 1.33 bits per heavy atom. The lowest BCUT2D eigenvalue weighted by molar-refractivity contribution is 0.0322. The van der Waals surface area contributed by atoms with E-state index in [0.717, 1.165) is 32.1 Å². The summed E-state index contributed by atoms with van der Waals surface area (Å²) in [5.74, 6) is 0.481. The fraction of sp³-hybridized carbons (Fsp3) is 0.500. The molecule has 2 aromatic heterocycles. The average Bonchev–Trinajstić information content (AvgIpc) is 2.98. The van der Waals surface area contributed by atoms with E-state index in [-0.39, 0.29) is 0 Å². The zero-order chi connectivity index (χ0) is 14.5. The van der Waals surface area contributed by atoms with Crippen LogP contribution in [0.25, 0.3) is 11.5 Å². The molecule has 0 bridgehead atoms. The second-order valence-corrected chi connectivity index (χ2v) is 4.94. The van der Waals surface area contributed by atoms with Gasteiger partial charge in [-0.15, -0.1) is 0 Å². The van der Waals surface area contributed by atoms with Gasteiger partial charge in [-0.25, -0.2) is 9.37 Å². The average molecular weight is 292 g/mol. The minimum Gasteiger partial charge on any atom is -0.378 e. The number of aromatic nitrogens is 3. The summed E-state index contributed by atoms with van der Waals surface area (Å²) in [4.78, 5) is 8.16. The number of hydrogen-bond donors (Lipinski definition) is 1. The normalized spacial score (nSPS) is 16.2. The van der Waals surface area contributed by atoms with Crippen molar-refractivity contribution >= 4 is 0 Å². The third-order valence-electron chi connectivity index (χ3n) is 3.38. The molecule has 7 heteroatoms. The topological polar surface area (TPSA) is 73.1 Å². The number of nitrogens with zero attached hydrogens (tertiary/aromatic N) is 3. The van der Waals surface area contributed by atoms with Gasteiger partial charge in [-0.2, -0.15) is 4.98 Å². The van der Waals surface area contributed by atoms with Crippen LogP contribution in [0.5, 0.6) is 0 Å². The van der Waals surface area contributed by atoms with Crippen LogP contribution in [0.3, 0.4) is 0 Å². The smallest absolute Gasteiger partial charge is 0.229 e. The van der Waals surface area contributed by atoms with Crippen molar-refractivity contribution in [1.82, 2.24) is 20.4 Å². The lowest BCUT2D eigenvalue weighted by Crippen LogP contribution is -2.32. The first kappa shape index (κ1) is 14.1. The molecule has 0 spiro atoms. The SMILES string of the molecule is Fc1ccc(-c2noc(CCOC3CCNCC3)n2)nc1. The molecule has 0 radical (unpaired) electrons. The van der Waals surface area contributed by atoms with Crippen LogP contribution in [0.1, 0.15) is 18.7 Å². The van der Waals surface area contributed by atoms with E-state index in [0.29, 0.717) is 36.5 Å². The minimum absolute atomic E-state index is 0.312. The Balaban J connectivity index is 1.51. The summed E-state index contributed by atoms with van der Waals surface area (Å²) in [6.45, 7) is 2.57. The number of piperidine rings is 1. The van der Waals surface area contributed by atoms with Crippen molar-refractivity contribution in [2.45, 2.75) is 25.4 Å². The van der Waals surface area contributed by atoms with Gasteiger partial charge < -0.3 is 14.6 Å². The molecule has 1 fully saturated rings.